The summed E-state index contributed by atoms with van der Waals surface area (Å²) >= 11 is 5.81. The number of rotatable bonds is 4. The molecule has 0 aliphatic heterocycles. The molecule has 1 rings (SSSR count). The number of aliphatic hydroxyl groups is 1. The third-order valence-electron chi connectivity index (χ3n) is 2.14. The molecule has 78 valence electrons. The SMILES string of the molecule is COc1cc(Cl)ccc1C(CN)CO. The van der Waals surface area contributed by atoms with E-state index in [-0.39, 0.29) is 12.5 Å². The fourth-order valence-electron chi connectivity index (χ4n) is 1.32. The molecule has 1 aromatic carbocycles. The highest BCUT2D eigenvalue weighted by Crippen LogP contribution is 2.28. The summed E-state index contributed by atoms with van der Waals surface area (Å²) in [6.07, 6.45) is 0. The van der Waals surface area contributed by atoms with Crippen molar-refractivity contribution in [1.82, 2.24) is 0 Å². The van der Waals surface area contributed by atoms with E-state index >= 15 is 0 Å². The van der Waals surface area contributed by atoms with E-state index < -0.39 is 0 Å². The monoisotopic (exact) mass is 215 g/mol. The molecule has 4 heteroatoms. The van der Waals surface area contributed by atoms with Gasteiger partial charge in [0, 0.05) is 23.0 Å². The average Bonchev–Trinajstić information content (AvgIpc) is 2.21. The van der Waals surface area contributed by atoms with Crippen LogP contribution in [0.4, 0.5) is 0 Å². The van der Waals surface area contributed by atoms with Crippen LogP contribution in [0.3, 0.4) is 0 Å². The molecule has 0 fully saturated rings. The molecule has 3 nitrogen and oxygen atoms in total. The van der Waals surface area contributed by atoms with Crippen molar-refractivity contribution in [3.8, 4) is 5.75 Å². The Morgan fingerprint density at radius 1 is 1.57 bits per heavy atom. The van der Waals surface area contributed by atoms with Crippen molar-refractivity contribution in [1.29, 1.82) is 0 Å². The molecule has 0 bridgehead atoms. The number of methoxy groups -OCH3 is 1. The maximum Gasteiger partial charge on any atom is 0.123 e. The van der Waals surface area contributed by atoms with Gasteiger partial charge in [0.1, 0.15) is 5.75 Å². The molecule has 0 aliphatic carbocycles. The predicted octanol–water partition coefficient (Wildman–Crippen LogP) is 1.38. The Labute approximate surface area is 88.4 Å². The summed E-state index contributed by atoms with van der Waals surface area (Å²) in [6, 6.07) is 5.31. The Hall–Kier alpha value is -0.770. The highest BCUT2D eigenvalue weighted by Gasteiger charge is 2.13. The number of ether oxygens (including phenoxy) is 1. The summed E-state index contributed by atoms with van der Waals surface area (Å²) in [5.41, 5.74) is 6.42. The Kier molecular flexibility index (Phi) is 4.20. The average molecular weight is 216 g/mol. The minimum Gasteiger partial charge on any atom is -0.496 e. The molecule has 1 unspecified atom stereocenters. The molecule has 14 heavy (non-hydrogen) atoms. The van der Waals surface area contributed by atoms with Crippen LogP contribution in [-0.2, 0) is 0 Å². The van der Waals surface area contributed by atoms with Gasteiger partial charge in [0.15, 0.2) is 0 Å². The first-order chi connectivity index (χ1) is 6.72. The lowest BCUT2D eigenvalue weighted by atomic mass is 9.99. The van der Waals surface area contributed by atoms with E-state index in [2.05, 4.69) is 0 Å². The van der Waals surface area contributed by atoms with Crippen molar-refractivity contribution in [2.24, 2.45) is 5.73 Å². The van der Waals surface area contributed by atoms with Gasteiger partial charge in [0.25, 0.3) is 0 Å². The predicted molar refractivity (Wildman–Crippen MR) is 56.9 cm³/mol. The fourth-order valence-corrected chi connectivity index (χ4v) is 1.48. The van der Waals surface area contributed by atoms with Crippen LogP contribution in [-0.4, -0.2) is 25.4 Å². The van der Waals surface area contributed by atoms with Crippen molar-refractivity contribution < 1.29 is 9.84 Å². The molecular formula is C10H14ClNO2. The third kappa shape index (κ3) is 2.38. The number of hydrogen-bond donors (Lipinski definition) is 2. The first kappa shape index (κ1) is 11.3. The zero-order chi connectivity index (χ0) is 10.6. The quantitative estimate of drug-likeness (QED) is 0.798. The summed E-state index contributed by atoms with van der Waals surface area (Å²) in [5, 5.41) is 9.71. The summed E-state index contributed by atoms with van der Waals surface area (Å²) in [7, 11) is 1.57. The lowest BCUT2D eigenvalue weighted by molar-refractivity contribution is 0.264. The molecule has 1 atom stereocenters. The van der Waals surface area contributed by atoms with Crippen molar-refractivity contribution in [3.63, 3.8) is 0 Å². The highest BCUT2D eigenvalue weighted by atomic mass is 35.5. The van der Waals surface area contributed by atoms with Gasteiger partial charge in [0.05, 0.1) is 13.7 Å². The van der Waals surface area contributed by atoms with E-state index in [1.807, 2.05) is 6.07 Å². The lowest BCUT2D eigenvalue weighted by Gasteiger charge is -2.15. The molecule has 0 aliphatic rings. The molecule has 0 amide bonds. The molecule has 0 heterocycles. The molecular weight excluding hydrogens is 202 g/mol. The lowest BCUT2D eigenvalue weighted by Crippen LogP contribution is -2.16. The smallest absolute Gasteiger partial charge is 0.123 e. The molecule has 0 saturated carbocycles. The summed E-state index contributed by atoms with van der Waals surface area (Å²) in [5.74, 6) is 0.573. The highest BCUT2D eigenvalue weighted by molar-refractivity contribution is 6.30. The normalized spacial score (nSPS) is 12.6. The molecule has 0 radical (unpaired) electrons. The minimum absolute atomic E-state index is 0.00842. The van der Waals surface area contributed by atoms with Crippen LogP contribution in [0.25, 0.3) is 0 Å². The van der Waals surface area contributed by atoms with Crippen LogP contribution in [0.1, 0.15) is 11.5 Å². The maximum atomic E-state index is 9.10. The van der Waals surface area contributed by atoms with Crippen LogP contribution in [0.2, 0.25) is 5.02 Å². The van der Waals surface area contributed by atoms with Gasteiger partial charge < -0.3 is 15.6 Å². The first-order valence-corrected chi connectivity index (χ1v) is 4.75. The third-order valence-corrected chi connectivity index (χ3v) is 2.38. The van der Waals surface area contributed by atoms with Crippen molar-refractivity contribution in [2.45, 2.75) is 5.92 Å². The van der Waals surface area contributed by atoms with E-state index in [4.69, 9.17) is 27.2 Å². The Morgan fingerprint density at radius 2 is 2.29 bits per heavy atom. The van der Waals surface area contributed by atoms with Crippen LogP contribution in [0, 0.1) is 0 Å². The van der Waals surface area contributed by atoms with E-state index in [1.54, 1.807) is 19.2 Å². The zero-order valence-corrected chi connectivity index (χ0v) is 8.79. The summed E-state index contributed by atoms with van der Waals surface area (Å²) in [6.45, 7) is 0.392. The topological polar surface area (TPSA) is 55.5 Å². The molecule has 0 saturated heterocycles. The number of aliphatic hydroxyl groups excluding tert-OH is 1. The van der Waals surface area contributed by atoms with Gasteiger partial charge >= 0.3 is 0 Å². The van der Waals surface area contributed by atoms with Gasteiger partial charge in [-0.05, 0) is 12.1 Å². The number of benzene rings is 1. The van der Waals surface area contributed by atoms with Crippen LogP contribution in [0.15, 0.2) is 18.2 Å². The zero-order valence-electron chi connectivity index (χ0n) is 8.03. The standard InChI is InChI=1S/C10H14ClNO2/c1-14-10-4-8(11)2-3-9(10)7(5-12)6-13/h2-4,7,13H,5-6,12H2,1H3. The second kappa shape index (κ2) is 5.20. The van der Waals surface area contributed by atoms with Crippen LogP contribution in [0.5, 0.6) is 5.75 Å². The first-order valence-electron chi connectivity index (χ1n) is 4.37. The van der Waals surface area contributed by atoms with E-state index in [0.717, 1.165) is 5.56 Å². The fraction of sp³-hybridized carbons (Fsp3) is 0.400. The summed E-state index contributed by atoms with van der Waals surface area (Å²) in [4.78, 5) is 0. The Morgan fingerprint density at radius 3 is 2.79 bits per heavy atom. The number of nitrogens with two attached hydrogens (primary N) is 1. The molecule has 0 aromatic heterocycles. The van der Waals surface area contributed by atoms with Gasteiger partial charge in [-0.3, -0.25) is 0 Å². The van der Waals surface area contributed by atoms with Gasteiger partial charge in [-0.1, -0.05) is 17.7 Å². The van der Waals surface area contributed by atoms with Gasteiger partial charge in [0.2, 0.25) is 0 Å². The minimum atomic E-state index is -0.0952. The van der Waals surface area contributed by atoms with Gasteiger partial charge in [-0.25, -0.2) is 0 Å². The van der Waals surface area contributed by atoms with Crippen molar-refractivity contribution in [2.75, 3.05) is 20.3 Å². The van der Waals surface area contributed by atoms with Gasteiger partial charge in [-0.2, -0.15) is 0 Å². The number of hydrogen-bond acceptors (Lipinski definition) is 3. The van der Waals surface area contributed by atoms with Crippen LogP contribution < -0.4 is 10.5 Å². The van der Waals surface area contributed by atoms with Crippen molar-refractivity contribution in [3.05, 3.63) is 28.8 Å². The Balaban J connectivity index is 3.06. The van der Waals surface area contributed by atoms with Gasteiger partial charge in [-0.15, -0.1) is 0 Å². The van der Waals surface area contributed by atoms with E-state index in [0.29, 0.717) is 17.3 Å². The second-order valence-electron chi connectivity index (χ2n) is 3.00. The molecule has 1 aromatic rings. The largest absolute Gasteiger partial charge is 0.496 e. The van der Waals surface area contributed by atoms with Crippen molar-refractivity contribution >= 4 is 11.6 Å². The van der Waals surface area contributed by atoms with E-state index in [9.17, 15) is 0 Å². The molecule has 3 N–H and O–H groups in total. The Bertz CT molecular complexity index is 300. The van der Waals surface area contributed by atoms with E-state index in [1.165, 1.54) is 0 Å². The summed E-state index contributed by atoms with van der Waals surface area (Å²) < 4.78 is 5.16. The number of halogens is 1. The maximum absolute atomic E-state index is 9.10. The molecule has 0 spiro atoms. The van der Waals surface area contributed by atoms with Crippen LogP contribution >= 0.6 is 11.6 Å². The second-order valence-corrected chi connectivity index (χ2v) is 3.44.